The van der Waals surface area contributed by atoms with Crippen LogP contribution >= 0.6 is 0 Å². The summed E-state index contributed by atoms with van der Waals surface area (Å²) >= 11 is 0. The summed E-state index contributed by atoms with van der Waals surface area (Å²) in [5.74, 6) is 0.419. The molecule has 0 unspecified atom stereocenters. The van der Waals surface area contributed by atoms with Crippen molar-refractivity contribution < 1.29 is 4.79 Å². The molecule has 3 aromatic rings. The van der Waals surface area contributed by atoms with Crippen LogP contribution in [0.4, 0.5) is 5.69 Å². The number of aromatic nitrogens is 4. The summed E-state index contributed by atoms with van der Waals surface area (Å²) < 4.78 is 1.52. The number of pyridine rings is 1. The number of rotatable bonds is 5. The molecule has 7 nitrogen and oxygen atoms in total. The average Bonchev–Trinajstić information content (AvgIpc) is 3.40. The maximum atomic E-state index is 12.4. The number of hydrogen-bond donors (Lipinski definition) is 1. The van der Waals surface area contributed by atoms with Crippen LogP contribution in [-0.2, 0) is 6.54 Å². The highest BCUT2D eigenvalue weighted by Gasteiger charge is 2.12. The van der Waals surface area contributed by atoms with Crippen molar-refractivity contribution in [3.05, 3.63) is 66.4 Å². The second kappa shape index (κ2) is 7.35. The third-order valence-electron chi connectivity index (χ3n) is 4.52. The molecule has 2 aromatic heterocycles. The lowest BCUT2D eigenvalue weighted by Gasteiger charge is -2.17. The van der Waals surface area contributed by atoms with Crippen LogP contribution in [0.3, 0.4) is 0 Å². The Labute approximate surface area is 151 Å². The van der Waals surface area contributed by atoms with E-state index < -0.39 is 0 Å². The lowest BCUT2D eigenvalue weighted by atomic mass is 10.2. The van der Waals surface area contributed by atoms with Gasteiger partial charge in [-0.25, -0.2) is 14.6 Å². The highest BCUT2D eigenvalue weighted by atomic mass is 16.1. The molecule has 1 aliphatic heterocycles. The molecule has 0 spiro atoms. The summed E-state index contributed by atoms with van der Waals surface area (Å²) in [5.41, 5.74) is 2.87. The minimum absolute atomic E-state index is 0.141. The molecule has 4 rings (SSSR count). The molecule has 1 aromatic carbocycles. The van der Waals surface area contributed by atoms with Crippen molar-refractivity contribution in [2.75, 3.05) is 18.0 Å². The Morgan fingerprint density at radius 3 is 2.65 bits per heavy atom. The molecule has 0 atom stereocenters. The first-order valence-corrected chi connectivity index (χ1v) is 8.73. The molecule has 132 valence electrons. The van der Waals surface area contributed by atoms with Gasteiger partial charge in [0.25, 0.3) is 5.91 Å². The van der Waals surface area contributed by atoms with E-state index in [9.17, 15) is 4.79 Å². The molecule has 0 aliphatic carbocycles. The monoisotopic (exact) mass is 348 g/mol. The Morgan fingerprint density at radius 2 is 1.92 bits per heavy atom. The van der Waals surface area contributed by atoms with E-state index in [-0.39, 0.29) is 5.91 Å². The molecule has 1 fully saturated rings. The van der Waals surface area contributed by atoms with Gasteiger partial charge < -0.3 is 10.2 Å². The number of nitrogens with zero attached hydrogens (tertiary/aromatic N) is 5. The fraction of sp³-hybridized carbons (Fsp3) is 0.263. The molecule has 1 saturated heterocycles. The smallest absolute Gasteiger partial charge is 0.251 e. The molecular formula is C19H20N6O. The van der Waals surface area contributed by atoms with Gasteiger partial charge in [0.2, 0.25) is 0 Å². The molecule has 3 heterocycles. The minimum atomic E-state index is -0.141. The minimum Gasteiger partial charge on any atom is -0.372 e. The second-order valence-corrected chi connectivity index (χ2v) is 6.29. The maximum Gasteiger partial charge on any atom is 0.251 e. The normalized spacial score (nSPS) is 13.8. The van der Waals surface area contributed by atoms with E-state index in [1.54, 1.807) is 24.7 Å². The zero-order valence-corrected chi connectivity index (χ0v) is 14.4. The lowest BCUT2D eigenvalue weighted by Crippen LogP contribution is -2.23. The highest BCUT2D eigenvalue weighted by molar-refractivity contribution is 5.94. The Balaban J connectivity index is 1.38. The van der Waals surface area contributed by atoms with Crippen molar-refractivity contribution in [1.82, 2.24) is 25.1 Å². The van der Waals surface area contributed by atoms with Gasteiger partial charge in [0.1, 0.15) is 12.7 Å². The van der Waals surface area contributed by atoms with E-state index in [0.29, 0.717) is 17.9 Å². The number of carbonyl (C=O) groups excluding carboxylic acids is 1. The van der Waals surface area contributed by atoms with Gasteiger partial charge in [-0.15, -0.1) is 0 Å². The number of hydrogen-bond acceptors (Lipinski definition) is 5. The van der Waals surface area contributed by atoms with Gasteiger partial charge in [0, 0.05) is 37.1 Å². The largest absolute Gasteiger partial charge is 0.372 e. The maximum absolute atomic E-state index is 12.4. The Morgan fingerprint density at radius 1 is 1.12 bits per heavy atom. The van der Waals surface area contributed by atoms with Crippen LogP contribution in [0.15, 0.2) is 55.2 Å². The van der Waals surface area contributed by atoms with Crippen molar-refractivity contribution in [2.24, 2.45) is 0 Å². The third-order valence-corrected chi connectivity index (χ3v) is 4.52. The molecule has 0 saturated carbocycles. The molecule has 1 aliphatic rings. The second-order valence-electron chi connectivity index (χ2n) is 6.29. The first kappa shape index (κ1) is 16.3. The number of amides is 1. The first-order valence-electron chi connectivity index (χ1n) is 8.73. The SMILES string of the molecule is O=C(NCc1ccc(N2CCCC2)cc1)c1ccnc(-n2cncn2)c1. The van der Waals surface area contributed by atoms with E-state index in [1.165, 1.54) is 29.5 Å². The number of carbonyl (C=O) groups is 1. The summed E-state index contributed by atoms with van der Waals surface area (Å²) in [7, 11) is 0. The van der Waals surface area contributed by atoms with Gasteiger partial charge >= 0.3 is 0 Å². The summed E-state index contributed by atoms with van der Waals surface area (Å²) in [5, 5.41) is 6.98. The highest BCUT2D eigenvalue weighted by Crippen LogP contribution is 2.20. The van der Waals surface area contributed by atoms with Crippen molar-refractivity contribution in [1.29, 1.82) is 0 Å². The van der Waals surface area contributed by atoms with Gasteiger partial charge in [0.15, 0.2) is 5.82 Å². The molecule has 26 heavy (non-hydrogen) atoms. The van der Waals surface area contributed by atoms with Gasteiger partial charge in [-0.2, -0.15) is 5.10 Å². The van der Waals surface area contributed by atoms with Crippen molar-refractivity contribution >= 4 is 11.6 Å². The summed E-state index contributed by atoms with van der Waals surface area (Å²) in [6, 6.07) is 11.8. The Hall–Kier alpha value is -3.22. The Bertz CT molecular complexity index is 869. The van der Waals surface area contributed by atoms with Crippen LogP contribution in [0, 0.1) is 0 Å². The van der Waals surface area contributed by atoms with E-state index >= 15 is 0 Å². The fourth-order valence-electron chi connectivity index (χ4n) is 3.10. The Kier molecular flexibility index (Phi) is 4.59. The number of nitrogens with one attached hydrogen (secondary N) is 1. The third kappa shape index (κ3) is 3.56. The van der Waals surface area contributed by atoms with Crippen molar-refractivity contribution in [3.8, 4) is 5.82 Å². The summed E-state index contributed by atoms with van der Waals surface area (Å²) in [4.78, 5) is 22.9. The zero-order valence-electron chi connectivity index (χ0n) is 14.4. The molecule has 0 radical (unpaired) electrons. The first-order chi connectivity index (χ1) is 12.8. The van der Waals surface area contributed by atoms with E-state index in [0.717, 1.165) is 18.7 Å². The average molecular weight is 348 g/mol. The van der Waals surface area contributed by atoms with E-state index in [2.05, 4.69) is 49.5 Å². The standard InChI is InChI=1S/C19H20N6O/c26-19(16-7-8-21-18(11-16)25-14-20-13-23-25)22-12-15-3-5-17(6-4-15)24-9-1-2-10-24/h3-8,11,13-14H,1-2,9-10,12H2,(H,22,26). The lowest BCUT2D eigenvalue weighted by molar-refractivity contribution is 0.0950. The van der Waals surface area contributed by atoms with Gasteiger partial charge in [0.05, 0.1) is 0 Å². The molecular weight excluding hydrogens is 328 g/mol. The van der Waals surface area contributed by atoms with Gasteiger partial charge in [-0.1, -0.05) is 12.1 Å². The van der Waals surface area contributed by atoms with E-state index in [4.69, 9.17) is 0 Å². The predicted octanol–water partition coefficient (Wildman–Crippen LogP) is 2.19. The van der Waals surface area contributed by atoms with Crippen molar-refractivity contribution in [2.45, 2.75) is 19.4 Å². The van der Waals surface area contributed by atoms with Gasteiger partial charge in [-0.05, 0) is 42.7 Å². The quantitative estimate of drug-likeness (QED) is 0.765. The van der Waals surface area contributed by atoms with Crippen LogP contribution in [0.25, 0.3) is 5.82 Å². The summed E-state index contributed by atoms with van der Waals surface area (Å²) in [6.07, 6.45) is 7.10. The van der Waals surface area contributed by atoms with Crippen LogP contribution < -0.4 is 10.2 Å². The molecule has 1 amide bonds. The number of benzene rings is 1. The number of anilines is 1. The fourth-order valence-corrected chi connectivity index (χ4v) is 3.10. The van der Waals surface area contributed by atoms with Crippen LogP contribution in [0.1, 0.15) is 28.8 Å². The summed E-state index contributed by atoms with van der Waals surface area (Å²) in [6.45, 7) is 2.75. The molecule has 1 N–H and O–H groups in total. The van der Waals surface area contributed by atoms with Crippen LogP contribution in [-0.4, -0.2) is 38.7 Å². The predicted molar refractivity (Wildman–Crippen MR) is 98.2 cm³/mol. The molecule has 7 heteroatoms. The van der Waals surface area contributed by atoms with Crippen LogP contribution in [0.5, 0.6) is 0 Å². The molecule has 0 bridgehead atoms. The van der Waals surface area contributed by atoms with E-state index in [1.807, 2.05) is 0 Å². The zero-order chi connectivity index (χ0) is 17.8. The van der Waals surface area contributed by atoms with Crippen LogP contribution in [0.2, 0.25) is 0 Å². The topological polar surface area (TPSA) is 75.9 Å². The van der Waals surface area contributed by atoms with Gasteiger partial charge in [-0.3, -0.25) is 4.79 Å². The van der Waals surface area contributed by atoms with Crippen molar-refractivity contribution in [3.63, 3.8) is 0 Å².